The molecule has 1 fully saturated rings. The molecule has 0 radical (unpaired) electrons. The molecule has 3 aromatic heterocycles. The van der Waals surface area contributed by atoms with E-state index in [1.165, 1.54) is 0 Å². The van der Waals surface area contributed by atoms with Gasteiger partial charge in [0.2, 0.25) is 11.8 Å². The molecule has 0 bridgehead atoms. The molecule has 0 saturated carbocycles. The molecule has 0 N–H and O–H groups in total. The van der Waals surface area contributed by atoms with Gasteiger partial charge in [0.05, 0.1) is 18.1 Å². The first-order valence-corrected chi connectivity index (χ1v) is 8.16. The van der Waals surface area contributed by atoms with Crippen molar-refractivity contribution in [1.29, 1.82) is 0 Å². The average molecular weight is 328 g/mol. The Balaban J connectivity index is 1.43. The maximum absolute atomic E-state index is 5.60. The van der Waals surface area contributed by atoms with Gasteiger partial charge in [-0.2, -0.15) is 5.10 Å². The van der Waals surface area contributed by atoms with E-state index in [4.69, 9.17) is 4.42 Å². The Morgan fingerprint density at radius 3 is 2.62 bits per heavy atom. The van der Waals surface area contributed by atoms with E-state index in [0.717, 1.165) is 49.5 Å². The fraction of sp³-hybridized carbons (Fsp3) is 0.533. The summed E-state index contributed by atoms with van der Waals surface area (Å²) in [6.45, 7) is 6.36. The number of aryl methyl sites for hydroxylation is 2. The van der Waals surface area contributed by atoms with Crippen LogP contribution in [0.5, 0.6) is 0 Å². The summed E-state index contributed by atoms with van der Waals surface area (Å²) in [6.07, 6.45) is 4.22. The number of nitrogens with zero attached hydrogens (tertiary/aromatic N) is 8. The van der Waals surface area contributed by atoms with Crippen LogP contribution in [-0.2, 0) is 20.0 Å². The van der Waals surface area contributed by atoms with Gasteiger partial charge < -0.3 is 9.32 Å². The van der Waals surface area contributed by atoms with Crippen LogP contribution < -0.4 is 4.90 Å². The van der Waals surface area contributed by atoms with Crippen LogP contribution >= 0.6 is 0 Å². The number of hydrogen-bond donors (Lipinski definition) is 0. The summed E-state index contributed by atoms with van der Waals surface area (Å²) >= 11 is 0. The molecule has 1 saturated heterocycles. The van der Waals surface area contributed by atoms with Gasteiger partial charge in [-0.1, -0.05) is 6.92 Å². The van der Waals surface area contributed by atoms with Crippen molar-refractivity contribution in [2.24, 2.45) is 7.05 Å². The van der Waals surface area contributed by atoms with Gasteiger partial charge in [0.25, 0.3) is 0 Å². The molecule has 0 spiro atoms. The molecule has 0 unspecified atom stereocenters. The molecule has 4 heterocycles. The van der Waals surface area contributed by atoms with Crippen molar-refractivity contribution in [1.82, 2.24) is 34.8 Å². The smallest absolute Gasteiger partial charge is 0.230 e. The number of anilines is 1. The van der Waals surface area contributed by atoms with E-state index in [0.29, 0.717) is 18.3 Å². The predicted molar refractivity (Wildman–Crippen MR) is 87.5 cm³/mol. The van der Waals surface area contributed by atoms with Gasteiger partial charge in [-0.25, -0.2) is 9.97 Å². The SMILES string of the molecule is CCc1nnc(CN2CCN(c3ncnc4c3cnn4C)CC2)o1. The highest BCUT2D eigenvalue weighted by Crippen LogP contribution is 2.23. The third-order valence-electron chi connectivity index (χ3n) is 4.35. The zero-order valence-electron chi connectivity index (χ0n) is 13.9. The number of fused-ring (bicyclic) bond motifs is 1. The largest absolute Gasteiger partial charge is 0.424 e. The van der Waals surface area contributed by atoms with E-state index >= 15 is 0 Å². The minimum absolute atomic E-state index is 0.692. The topological polar surface area (TPSA) is 89.0 Å². The maximum atomic E-state index is 5.60. The van der Waals surface area contributed by atoms with Crippen LogP contribution in [0.2, 0.25) is 0 Å². The third-order valence-corrected chi connectivity index (χ3v) is 4.35. The lowest BCUT2D eigenvalue weighted by molar-refractivity contribution is 0.224. The first kappa shape index (κ1) is 15.0. The molecule has 0 aliphatic carbocycles. The molecule has 126 valence electrons. The van der Waals surface area contributed by atoms with Crippen molar-refractivity contribution in [3.63, 3.8) is 0 Å². The van der Waals surface area contributed by atoms with Crippen molar-refractivity contribution in [3.8, 4) is 0 Å². The Morgan fingerprint density at radius 1 is 1.08 bits per heavy atom. The van der Waals surface area contributed by atoms with Crippen molar-refractivity contribution >= 4 is 16.9 Å². The summed E-state index contributed by atoms with van der Waals surface area (Å²) < 4.78 is 7.37. The highest BCUT2D eigenvalue weighted by atomic mass is 16.4. The summed E-state index contributed by atoms with van der Waals surface area (Å²) in [7, 11) is 1.89. The summed E-state index contributed by atoms with van der Waals surface area (Å²) in [5, 5.41) is 13.4. The summed E-state index contributed by atoms with van der Waals surface area (Å²) in [5.41, 5.74) is 0.861. The van der Waals surface area contributed by atoms with Crippen LogP contribution in [0, 0.1) is 0 Å². The van der Waals surface area contributed by atoms with Gasteiger partial charge in [0.1, 0.15) is 12.1 Å². The molecular formula is C15H20N8O. The van der Waals surface area contributed by atoms with Crippen molar-refractivity contribution in [2.75, 3.05) is 31.1 Å². The number of hydrogen-bond acceptors (Lipinski definition) is 8. The van der Waals surface area contributed by atoms with E-state index in [1.807, 2.05) is 20.2 Å². The van der Waals surface area contributed by atoms with Crippen LogP contribution in [-0.4, -0.2) is 61.0 Å². The predicted octanol–water partition coefficient (Wildman–Crippen LogP) is 0.631. The van der Waals surface area contributed by atoms with Gasteiger partial charge >= 0.3 is 0 Å². The molecule has 9 nitrogen and oxygen atoms in total. The van der Waals surface area contributed by atoms with Crippen molar-refractivity contribution in [3.05, 3.63) is 24.3 Å². The van der Waals surface area contributed by atoms with Gasteiger partial charge in [-0.05, 0) is 0 Å². The molecule has 0 amide bonds. The summed E-state index contributed by atoms with van der Waals surface area (Å²) in [5.74, 6) is 2.35. The van der Waals surface area contributed by atoms with Crippen LogP contribution in [0.25, 0.3) is 11.0 Å². The van der Waals surface area contributed by atoms with E-state index in [2.05, 4.69) is 35.1 Å². The summed E-state index contributed by atoms with van der Waals surface area (Å²) in [4.78, 5) is 13.4. The lowest BCUT2D eigenvalue weighted by atomic mass is 10.3. The highest BCUT2D eigenvalue weighted by molar-refractivity contribution is 5.86. The molecule has 1 aliphatic rings. The van der Waals surface area contributed by atoms with Crippen LogP contribution in [0.1, 0.15) is 18.7 Å². The van der Waals surface area contributed by atoms with Crippen molar-refractivity contribution < 1.29 is 4.42 Å². The Morgan fingerprint density at radius 2 is 1.88 bits per heavy atom. The lowest BCUT2D eigenvalue weighted by Crippen LogP contribution is -2.46. The second kappa shape index (κ2) is 6.16. The van der Waals surface area contributed by atoms with Crippen LogP contribution in [0.15, 0.2) is 16.9 Å². The Hall–Kier alpha value is -2.55. The maximum Gasteiger partial charge on any atom is 0.230 e. The zero-order valence-corrected chi connectivity index (χ0v) is 13.9. The summed E-state index contributed by atoms with van der Waals surface area (Å²) in [6, 6.07) is 0. The Bertz CT molecular complexity index is 833. The minimum atomic E-state index is 0.692. The lowest BCUT2D eigenvalue weighted by Gasteiger charge is -2.34. The number of aromatic nitrogens is 6. The molecule has 9 heteroatoms. The van der Waals surface area contributed by atoms with E-state index in [1.54, 1.807) is 11.0 Å². The van der Waals surface area contributed by atoms with Gasteiger partial charge in [0.15, 0.2) is 5.65 Å². The highest BCUT2D eigenvalue weighted by Gasteiger charge is 2.22. The fourth-order valence-corrected chi connectivity index (χ4v) is 3.01. The molecule has 0 aromatic carbocycles. The molecule has 3 aromatic rings. The van der Waals surface area contributed by atoms with E-state index < -0.39 is 0 Å². The molecule has 1 aliphatic heterocycles. The first-order chi connectivity index (χ1) is 11.7. The van der Waals surface area contributed by atoms with E-state index in [-0.39, 0.29) is 0 Å². The molecule has 4 rings (SSSR count). The molecule has 24 heavy (non-hydrogen) atoms. The van der Waals surface area contributed by atoms with E-state index in [9.17, 15) is 0 Å². The fourth-order valence-electron chi connectivity index (χ4n) is 3.01. The minimum Gasteiger partial charge on any atom is -0.424 e. The quantitative estimate of drug-likeness (QED) is 0.689. The first-order valence-electron chi connectivity index (χ1n) is 8.16. The number of rotatable bonds is 4. The second-order valence-electron chi connectivity index (χ2n) is 5.91. The molecule has 0 atom stereocenters. The Labute approximate surface area is 139 Å². The van der Waals surface area contributed by atoms with Crippen LogP contribution in [0.3, 0.4) is 0 Å². The molecular weight excluding hydrogens is 308 g/mol. The van der Waals surface area contributed by atoms with Gasteiger partial charge in [-0.15, -0.1) is 10.2 Å². The Kier molecular flexibility index (Phi) is 3.85. The zero-order chi connectivity index (χ0) is 16.5. The van der Waals surface area contributed by atoms with Gasteiger partial charge in [0, 0.05) is 39.6 Å². The second-order valence-corrected chi connectivity index (χ2v) is 5.91. The monoisotopic (exact) mass is 328 g/mol. The average Bonchev–Trinajstić information content (AvgIpc) is 3.22. The number of piperazine rings is 1. The van der Waals surface area contributed by atoms with Crippen LogP contribution in [0.4, 0.5) is 5.82 Å². The normalized spacial score (nSPS) is 16.2. The van der Waals surface area contributed by atoms with Gasteiger partial charge in [-0.3, -0.25) is 9.58 Å². The van der Waals surface area contributed by atoms with Crippen molar-refractivity contribution in [2.45, 2.75) is 19.9 Å². The standard InChI is InChI=1S/C15H20N8O/c1-3-12-19-20-13(24-12)9-22-4-6-23(7-5-22)15-11-8-18-21(2)14(11)16-10-17-15/h8,10H,3-7,9H2,1-2H3. The third kappa shape index (κ3) is 2.71.